The third-order valence-electron chi connectivity index (χ3n) is 3.93. The largest absolute Gasteiger partial charge is 0.425 e. The van der Waals surface area contributed by atoms with E-state index in [1.54, 1.807) is 12.3 Å². The van der Waals surface area contributed by atoms with Gasteiger partial charge in [-0.1, -0.05) is 0 Å². The molecule has 3 heterocycles. The zero-order valence-electron chi connectivity index (χ0n) is 11.9. The first-order valence-electron chi connectivity index (χ1n) is 6.99. The van der Waals surface area contributed by atoms with E-state index in [0.29, 0.717) is 16.8 Å². The van der Waals surface area contributed by atoms with Crippen LogP contribution >= 0.6 is 0 Å². The van der Waals surface area contributed by atoms with E-state index in [9.17, 15) is 10.0 Å². The van der Waals surface area contributed by atoms with Gasteiger partial charge in [0.15, 0.2) is 0 Å². The molecule has 1 N–H and O–H groups in total. The highest BCUT2D eigenvalue weighted by molar-refractivity contribution is 6.16. The summed E-state index contributed by atoms with van der Waals surface area (Å²) in [5.74, 6) is 0. The van der Waals surface area contributed by atoms with Gasteiger partial charge in [-0.3, -0.25) is 14.8 Å². The highest BCUT2D eigenvalue weighted by atomic mass is 16.5. The van der Waals surface area contributed by atoms with Crippen LogP contribution in [-0.2, 0) is 6.54 Å². The number of rotatable bonds is 1. The lowest BCUT2D eigenvalue weighted by atomic mass is 9.98. The van der Waals surface area contributed by atoms with E-state index in [1.165, 1.54) is 6.07 Å². The second kappa shape index (κ2) is 4.53. The fourth-order valence-electron chi connectivity index (χ4n) is 2.86. The smallest absolute Gasteiger partial charge is 0.283 e. The first-order valence-corrected chi connectivity index (χ1v) is 6.99. The molecule has 0 aliphatic carbocycles. The zero-order chi connectivity index (χ0) is 15.3. The zero-order valence-corrected chi connectivity index (χ0v) is 11.9. The number of hydrogen-bond donors (Lipinski definition) is 1. The van der Waals surface area contributed by atoms with E-state index in [4.69, 9.17) is 0 Å². The first-order chi connectivity index (χ1) is 10.6. The fourth-order valence-corrected chi connectivity index (χ4v) is 2.86. The van der Waals surface area contributed by atoms with Gasteiger partial charge in [-0.25, -0.2) is 0 Å². The molecule has 0 bridgehead atoms. The van der Waals surface area contributed by atoms with Crippen LogP contribution in [0.3, 0.4) is 0 Å². The maximum Gasteiger partial charge on any atom is 0.283 e. The molecular weight excluding hydrogens is 278 g/mol. The molecule has 0 atom stereocenters. The Hall–Kier alpha value is -2.95. The van der Waals surface area contributed by atoms with Crippen LogP contribution in [0.4, 0.5) is 0 Å². The lowest BCUT2D eigenvalue weighted by molar-refractivity contribution is 0.188. The van der Waals surface area contributed by atoms with Crippen molar-refractivity contribution < 1.29 is 5.21 Å². The number of aromatic nitrogens is 2. The maximum absolute atomic E-state index is 11.5. The van der Waals surface area contributed by atoms with Gasteiger partial charge < -0.3 is 5.21 Å². The van der Waals surface area contributed by atoms with Crippen molar-refractivity contribution in [1.82, 2.24) is 9.71 Å². The molecule has 2 aromatic heterocycles. The molecule has 0 amide bonds. The SMILES string of the molecule is Cc1cc(C2=NCc3cc4c(ccc(=O)n4O)cc32)ccn1. The standard InChI is InChI=1S/C17H13N3O2/c1-10-6-12(4-5-18-10)17-14-7-11-2-3-16(21)20(22)15(11)8-13(14)9-19-17/h2-8,22H,9H2,1H3. The number of aliphatic imine (C=N–C) groups is 1. The van der Waals surface area contributed by atoms with Gasteiger partial charge in [-0.05, 0) is 42.8 Å². The molecule has 108 valence electrons. The molecule has 22 heavy (non-hydrogen) atoms. The molecule has 4 rings (SSSR count). The predicted octanol–water partition coefficient (Wildman–Crippen LogP) is 2.29. The summed E-state index contributed by atoms with van der Waals surface area (Å²) in [5.41, 5.74) is 5.02. The molecule has 0 unspecified atom stereocenters. The van der Waals surface area contributed by atoms with Crippen molar-refractivity contribution in [2.75, 3.05) is 0 Å². The third kappa shape index (κ3) is 1.83. The number of hydrogen-bond acceptors (Lipinski definition) is 4. The summed E-state index contributed by atoms with van der Waals surface area (Å²) in [6, 6.07) is 10.8. The van der Waals surface area contributed by atoms with Crippen LogP contribution in [0.1, 0.15) is 22.4 Å². The summed E-state index contributed by atoms with van der Waals surface area (Å²) in [4.78, 5) is 20.4. The molecule has 3 aromatic rings. The van der Waals surface area contributed by atoms with Crippen molar-refractivity contribution in [3.05, 3.63) is 75.3 Å². The van der Waals surface area contributed by atoms with Gasteiger partial charge in [0.1, 0.15) is 0 Å². The Labute approximate surface area is 126 Å². The van der Waals surface area contributed by atoms with Crippen molar-refractivity contribution in [1.29, 1.82) is 0 Å². The van der Waals surface area contributed by atoms with Gasteiger partial charge in [-0.2, -0.15) is 0 Å². The van der Waals surface area contributed by atoms with E-state index in [-0.39, 0.29) is 0 Å². The number of aryl methyl sites for hydroxylation is 1. The Balaban J connectivity index is 1.93. The van der Waals surface area contributed by atoms with Crippen molar-refractivity contribution >= 4 is 16.6 Å². The van der Waals surface area contributed by atoms with Crippen molar-refractivity contribution in [3.8, 4) is 0 Å². The quantitative estimate of drug-likeness (QED) is 0.699. The number of nitrogens with zero attached hydrogens (tertiary/aromatic N) is 3. The second-order valence-electron chi connectivity index (χ2n) is 5.40. The van der Waals surface area contributed by atoms with Gasteiger partial charge in [0, 0.05) is 34.5 Å². The summed E-state index contributed by atoms with van der Waals surface area (Å²) >= 11 is 0. The van der Waals surface area contributed by atoms with E-state index < -0.39 is 5.56 Å². The van der Waals surface area contributed by atoms with E-state index >= 15 is 0 Å². The Bertz CT molecular complexity index is 1000. The minimum Gasteiger partial charge on any atom is -0.425 e. The van der Waals surface area contributed by atoms with Crippen molar-refractivity contribution in [3.63, 3.8) is 0 Å². The molecule has 0 radical (unpaired) electrons. The van der Waals surface area contributed by atoms with Crippen LogP contribution in [-0.4, -0.2) is 20.6 Å². The van der Waals surface area contributed by atoms with E-state index in [1.807, 2.05) is 31.2 Å². The average Bonchev–Trinajstić information content (AvgIpc) is 2.92. The molecule has 0 saturated heterocycles. The molecule has 0 fully saturated rings. The van der Waals surface area contributed by atoms with Crippen LogP contribution < -0.4 is 5.56 Å². The summed E-state index contributed by atoms with van der Waals surface area (Å²) in [6.45, 7) is 2.50. The van der Waals surface area contributed by atoms with Gasteiger partial charge in [0.2, 0.25) is 0 Å². The molecule has 1 aliphatic heterocycles. The van der Waals surface area contributed by atoms with E-state index in [0.717, 1.165) is 33.5 Å². The molecular formula is C17H13N3O2. The lowest BCUT2D eigenvalue weighted by Gasteiger charge is -2.08. The minimum atomic E-state index is -0.434. The highest BCUT2D eigenvalue weighted by Gasteiger charge is 2.19. The summed E-state index contributed by atoms with van der Waals surface area (Å²) in [6.07, 6.45) is 1.78. The van der Waals surface area contributed by atoms with Crippen molar-refractivity contribution in [2.24, 2.45) is 4.99 Å². The number of benzene rings is 1. The molecule has 0 saturated carbocycles. The molecule has 1 aliphatic rings. The van der Waals surface area contributed by atoms with Crippen LogP contribution in [0, 0.1) is 6.92 Å². The third-order valence-corrected chi connectivity index (χ3v) is 3.93. The van der Waals surface area contributed by atoms with Crippen LogP contribution in [0.25, 0.3) is 10.9 Å². The summed E-state index contributed by atoms with van der Waals surface area (Å²) in [5, 5.41) is 10.7. The van der Waals surface area contributed by atoms with Gasteiger partial charge in [-0.15, -0.1) is 4.73 Å². The van der Waals surface area contributed by atoms with Crippen LogP contribution in [0.15, 0.2) is 52.4 Å². The predicted molar refractivity (Wildman–Crippen MR) is 83.7 cm³/mol. The maximum atomic E-state index is 11.5. The number of fused-ring (bicyclic) bond motifs is 2. The molecule has 5 heteroatoms. The van der Waals surface area contributed by atoms with E-state index in [2.05, 4.69) is 9.98 Å². The Morgan fingerprint density at radius 3 is 2.86 bits per heavy atom. The topological polar surface area (TPSA) is 67.5 Å². The average molecular weight is 291 g/mol. The number of pyridine rings is 2. The van der Waals surface area contributed by atoms with Gasteiger partial charge in [0.05, 0.1) is 17.8 Å². The first kappa shape index (κ1) is 12.8. The molecule has 5 nitrogen and oxygen atoms in total. The molecule has 0 spiro atoms. The van der Waals surface area contributed by atoms with Crippen molar-refractivity contribution in [2.45, 2.75) is 13.5 Å². The molecule has 1 aromatic carbocycles. The van der Waals surface area contributed by atoms with Gasteiger partial charge in [0.25, 0.3) is 5.56 Å². The Kier molecular flexibility index (Phi) is 2.63. The minimum absolute atomic E-state index is 0.434. The van der Waals surface area contributed by atoms with Crippen LogP contribution in [0.2, 0.25) is 0 Å². The normalized spacial score (nSPS) is 13.2. The fraction of sp³-hybridized carbons (Fsp3) is 0.118. The summed E-state index contributed by atoms with van der Waals surface area (Å²) in [7, 11) is 0. The summed E-state index contributed by atoms with van der Waals surface area (Å²) < 4.78 is 0.685. The van der Waals surface area contributed by atoms with Gasteiger partial charge >= 0.3 is 0 Å². The Morgan fingerprint density at radius 2 is 2.05 bits per heavy atom. The van der Waals surface area contributed by atoms with Crippen LogP contribution in [0.5, 0.6) is 0 Å². The Morgan fingerprint density at radius 1 is 1.18 bits per heavy atom. The lowest BCUT2D eigenvalue weighted by Crippen LogP contribution is -2.16. The monoisotopic (exact) mass is 291 g/mol. The highest BCUT2D eigenvalue weighted by Crippen LogP contribution is 2.27. The second-order valence-corrected chi connectivity index (χ2v) is 5.40.